The Balaban J connectivity index is 2.29. The minimum atomic E-state index is 0.924. The maximum absolute atomic E-state index is 4.35. The standard InChI is InChI=1S/C10H13N3S2/c1-3-5-11-10-8(12-15-13-10)9-7(2)4-6-14-9/h4,6H,3,5H2,1-2H3,(H,11,13). The molecule has 0 aliphatic carbocycles. The molecule has 2 rings (SSSR count). The summed E-state index contributed by atoms with van der Waals surface area (Å²) in [5, 5.41) is 5.39. The normalized spacial score (nSPS) is 10.5. The Bertz CT molecular complexity index is 433. The highest BCUT2D eigenvalue weighted by atomic mass is 32.1. The zero-order valence-electron chi connectivity index (χ0n) is 8.78. The summed E-state index contributed by atoms with van der Waals surface area (Å²) in [5.41, 5.74) is 2.27. The summed E-state index contributed by atoms with van der Waals surface area (Å²) in [7, 11) is 0. The van der Waals surface area contributed by atoms with Crippen molar-refractivity contribution >= 4 is 28.9 Å². The van der Waals surface area contributed by atoms with Crippen molar-refractivity contribution in [1.82, 2.24) is 8.75 Å². The average Bonchev–Trinajstić information content (AvgIpc) is 2.82. The number of rotatable bonds is 4. The summed E-state index contributed by atoms with van der Waals surface area (Å²) < 4.78 is 8.63. The van der Waals surface area contributed by atoms with Crippen LogP contribution in [0.2, 0.25) is 0 Å². The Hall–Kier alpha value is -0.940. The number of hydrogen-bond donors (Lipinski definition) is 1. The first kappa shape index (κ1) is 10.6. The quantitative estimate of drug-likeness (QED) is 0.888. The van der Waals surface area contributed by atoms with Crippen molar-refractivity contribution in [3.63, 3.8) is 0 Å². The van der Waals surface area contributed by atoms with Crippen LogP contribution in [-0.4, -0.2) is 15.3 Å². The first-order valence-electron chi connectivity index (χ1n) is 4.93. The largest absolute Gasteiger partial charge is 0.367 e. The summed E-state index contributed by atoms with van der Waals surface area (Å²) in [4.78, 5) is 1.22. The first-order valence-corrected chi connectivity index (χ1v) is 6.54. The van der Waals surface area contributed by atoms with E-state index in [2.05, 4.69) is 39.4 Å². The van der Waals surface area contributed by atoms with Gasteiger partial charge in [0, 0.05) is 6.54 Å². The summed E-state index contributed by atoms with van der Waals surface area (Å²) in [6.45, 7) is 5.19. The van der Waals surface area contributed by atoms with E-state index in [0.29, 0.717) is 0 Å². The van der Waals surface area contributed by atoms with Crippen molar-refractivity contribution in [3.8, 4) is 10.6 Å². The summed E-state index contributed by atoms with van der Waals surface area (Å²) >= 11 is 2.99. The molecule has 2 aromatic rings. The monoisotopic (exact) mass is 239 g/mol. The second-order valence-corrected chi connectivity index (χ2v) is 4.77. The third-order valence-electron chi connectivity index (χ3n) is 2.11. The van der Waals surface area contributed by atoms with Crippen molar-refractivity contribution in [1.29, 1.82) is 0 Å². The average molecular weight is 239 g/mol. The molecule has 0 amide bonds. The molecule has 80 valence electrons. The van der Waals surface area contributed by atoms with E-state index in [-0.39, 0.29) is 0 Å². The summed E-state index contributed by atoms with van der Waals surface area (Å²) in [6, 6.07) is 2.11. The van der Waals surface area contributed by atoms with Crippen LogP contribution in [0.15, 0.2) is 11.4 Å². The molecule has 0 aliphatic rings. The van der Waals surface area contributed by atoms with Crippen LogP contribution in [-0.2, 0) is 0 Å². The fraction of sp³-hybridized carbons (Fsp3) is 0.400. The number of aromatic nitrogens is 2. The predicted molar refractivity (Wildman–Crippen MR) is 66.7 cm³/mol. The lowest BCUT2D eigenvalue weighted by Crippen LogP contribution is -2.00. The molecular weight excluding hydrogens is 226 g/mol. The van der Waals surface area contributed by atoms with Crippen molar-refractivity contribution in [2.24, 2.45) is 0 Å². The van der Waals surface area contributed by atoms with E-state index in [1.807, 2.05) is 0 Å². The lowest BCUT2D eigenvalue weighted by molar-refractivity contribution is 0.974. The van der Waals surface area contributed by atoms with Crippen LogP contribution in [0.5, 0.6) is 0 Å². The van der Waals surface area contributed by atoms with Gasteiger partial charge in [-0.15, -0.1) is 11.3 Å². The number of anilines is 1. The molecule has 2 heterocycles. The molecule has 5 heteroatoms. The van der Waals surface area contributed by atoms with Crippen LogP contribution >= 0.6 is 23.1 Å². The molecule has 2 aromatic heterocycles. The Labute approximate surface area is 97.5 Å². The van der Waals surface area contributed by atoms with Gasteiger partial charge in [0.15, 0.2) is 5.82 Å². The van der Waals surface area contributed by atoms with E-state index < -0.39 is 0 Å². The Morgan fingerprint density at radius 1 is 1.40 bits per heavy atom. The molecule has 0 saturated carbocycles. The van der Waals surface area contributed by atoms with Gasteiger partial charge in [0.05, 0.1) is 16.6 Å². The number of nitrogens with zero attached hydrogens (tertiary/aromatic N) is 2. The van der Waals surface area contributed by atoms with Gasteiger partial charge in [0.25, 0.3) is 0 Å². The van der Waals surface area contributed by atoms with Crippen molar-refractivity contribution in [3.05, 3.63) is 17.0 Å². The highest BCUT2D eigenvalue weighted by molar-refractivity contribution is 7.14. The molecule has 0 saturated heterocycles. The molecular formula is C10H13N3S2. The lowest BCUT2D eigenvalue weighted by atomic mass is 10.2. The third kappa shape index (κ3) is 2.18. The molecule has 1 N–H and O–H groups in total. The van der Waals surface area contributed by atoms with Crippen molar-refractivity contribution in [2.75, 3.05) is 11.9 Å². The molecule has 0 aliphatic heterocycles. The second kappa shape index (κ2) is 4.72. The van der Waals surface area contributed by atoms with Crippen LogP contribution in [0.1, 0.15) is 18.9 Å². The van der Waals surface area contributed by atoms with Gasteiger partial charge < -0.3 is 5.32 Å². The van der Waals surface area contributed by atoms with Gasteiger partial charge in [-0.1, -0.05) is 6.92 Å². The molecule has 0 fully saturated rings. The molecule has 0 spiro atoms. The SMILES string of the molecule is CCCNc1nsnc1-c1sccc1C. The van der Waals surface area contributed by atoms with Gasteiger partial charge in [0.1, 0.15) is 5.69 Å². The topological polar surface area (TPSA) is 37.8 Å². The van der Waals surface area contributed by atoms with E-state index >= 15 is 0 Å². The van der Waals surface area contributed by atoms with Crippen LogP contribution in [0, 0.1) is 6.92 Å². The summed E-state index contributed by atoms with van der Waals surface area (Å²) in [6.07, 6.45) is 1.10. The molecule has 0 atom stereocenters. The molecule has 0 bridgehead atoms. The molecule has 0 aromatic carbocycles. The third-order valence-corrected chi connectivity index (χ3v) is 3.66. The number of aryl methyl sites for hydroxylation is 1. The molecule has 15 heavy (non-hydrogen) atoms. The predicted octanol–water partition coefficient (Wildman–Crippen LogP) is 3.40. The smallest absolute Gasteiger partial charge is 0.168 e. The zero-order chi connectivity index (χ0) is 10.7. The van der Waals surface area contributed by atoms with Crippen LogP contribution in [0.4, 0.5) is 5.82 Å². The van der Waals surface area contributed by atoms with Crippen LogP contribution in [0.25, 0.3) is 10.6 Å². The summed E-state index contributed by atoms with van der Waals surface area (Å²) in [5.74, 6) is 0.924. The molecule has 0 unspecified atom stereocenters. The van der Waals surface area contributed by atoms with E-state index in [1.54, 1.807) is 11.3 Å². The van der Waals surface area contributed by atoms with Crippen molar-refractivity contribution in [2.45, 2.75) is 20.3 Å². The van der Waals surface area contributed by atoms with Crippen LogP contribution in [0.3, 0.4) is 0 Å². The Morgan fingerprint density at radius 3 is 2.93 bits per heavy atom. The number of nitrogens with one attached hydrogen (secondary N) is 1. The van der Waals surface area contributed by atoms with Crippen molar-refractivity contribution < 1.29 is 0 Å². The fourth-order valence-electron chi connectivity index (χ4n) is 1.31. The van der Waals surface area contributed by atoms with Crippen LogP contribution < -0.4 is 5.32 Å². The zero-order valence-corrected chi connectivity index (χ0v) is 10.4. The van der Waals surface area contributed by atoms with Gasteiger partial charge >= 0.3 is 0 Å². The van der Waals surface area contributed by atoms with Gasteiger partial charge in [-0.25, -0.2) is 0 Å². The van der Waals surface area contributed by atoms with Gasteiger partial charge in [0.2, 0.25) is 0 Å². The second-order valence-electron chi connectivity index (χ2n) is 3.32. The Kier molecular flexibility index (Phi) is 3.33. The molecule has 0 radical (unpaired) electrons. The minimum Gasteiger partial charge on any atom is -0.367 e. The number of hydrogen-bond acceptors (Lipinski definition) is 5. The first-order chi connectivity index (χ1) is 7.33. The van der Waals surface area contributed by atoms with Gasteiger partial charge in [-0.05, 0) is 30.4 Å². The Morgan fingerprint density at radius 2 is 2.27 bits per heavy atom. The van der Waals surface area contributed by atoms with Gasteiger partial charge in [-0.3, -0.25) is 0 Å². The highest BCUT2D eigenvalue weighted by Crippen LogP contribution is 2.32. The van der Waals surface area contributed by atoms with E-state index in [1.165, 1.54) is 22.2 Å². The van der Waals surface area contributed by atoms with E-state index in [4.69, 9.17) is 0 Å². The number of thiophene rings is 1. The fourth-order valence-corrected chi connectivity index (χ4v) is 2.82. The van der Waals surface area contributed by atoms with E-state index in [9.17, 15) is 0 Å². The maximum Gasteiger partial charge on any atom is 0.168 e. The van der Waals surface area contributed by atoms with Gasteiger partial charge in [-0.2, -0.15) is 8.75 Å². The lowest BCUT2D eigenvalue weighted by Gasteiger charge is -2.02. The van der Waals surface area contributed by atoms with E-state index in [0.717, 1.165) is 24.5 Å². The molecule has 3 nitrogen and oxygen atoms in total. The maximum atomic E-state index is 4.35. The highest BCUT2D eigenvalue weighted by Gasteiger charge is 2.12. The minimum absolute atomic E-state index is 0.924.